The lowest BCUT2D eigenvalue weighted by Gasteiger charge is -2.10. The van der Waals surface area contributed by atoms with E-state index in [-0.39, 0.29) is 13.2 Å². The van der Waals surface area contributed by atoms with Gasteiger partial charge >= 0.3 is 0 Å². The highest BCUT2D eigenvalue weighted by molar-refractivity contribution is 5.77. The van der Waals surface area contributed by atoms with Gasteiger partial charge in [0.2, 0.25) is 0 Å². The molecule has 0 aliphatic heterocycles. The molecule has 112 valence electrons. The van der Waals surface area contributed by atoms with Crippen molar-refractivity contribution < 1.29 is 9.47 Å². The molecule has 0 fully saturated rings. The quantitative estimate of drug-likeness (QED) is 0.730. The van der Waals surface area contributed by atoms with Crippen LogP contribution in [0.3, 0.4) is 0 Å². The molecule has 0 unspecified atom stereocenters. The highest BCUT2D eigenvalue weighted by Gasteiger charge is 2.13. The lowest BCUT2D eigenvalue weighted by molar-refractivity contribution is 0.361. The molecular weight excluding hydrogens is 292 g/mol. The SMILES string of the molecule is C#CCOc1ccc(OCC#C)c(-c2nc3cncnc3[nH]2)c1. The topological polar surface area (TPSA) is 72.9 Å². The molecule has 0 aliphatic carbocycles. The Morgan fingerprint density at radius 3 is 2.74 bits per heavy atom. The minimum Gasteiger partial charge on any atom is -0.481 e. The van der Waals surface area contributed by atoms with Crippen LogP contribution >= 0.6 is 0 Å². The van der Waals surface area contributed by atoms with Crippen LogP contribution in [-0.4, -0.2) is 33.1 Å². The van der Waals surface area contributed by atoms with Crippen molar-refractivity contribution >= 4 is 11.2 Å². The van der Waals surface area contributed by atoms with E-state index in [2.05, 4.69) is 31.8 Å². The molecule has 0 spiro atoms. The molecule has 0 saturated heterocycles. The van der Waals surface area contributed by atoms with E-state index < -0.39 is 0 Å². The van der Waals surface area contributed by atoms with Gasteiger partial charge in [-0.2, -0.15) is 0 Å². The first-order valence-corrected chi connectivity index (χ1v) is 6.74. The summed E-state index contributed by atoms with van der Waals surface area (Å²) in [6, 6.07) is 5.31. The van der Waals surface area contributed by atoms with Crippen molar-refractivity contribution in [2.75, 3.05) is 13.2 Å². The Morgan fingerprint density at radius 1 is 1.13 bits per heavy atom. The summed E-state index contributed by atoms with van der Waals surface area (Å²) in [5.74, 6) is 6.64. The number of terminal acetylenes is 2. The van der Waals surface area contributed by atoms with Crippen molar-refractivity contribution in [3.63, 3.8) is 0 Å². The summed E-state index contributed by atoms with van der Waals surface area (Å²) in [7, 11) is 0. The Hall–Kier alpha value is -3.51. The van der Waals surface area contributed by atoms with Gasteiger partial charge < -0.3 is 14.5 Å². The van der Waals surface area contributed by atoms with E-state index in [0.29, 0.717) is 34.1 Å². The monoisotopic (exact) mass is 304 g/mol. The van der Waals surface area contributed by atoms with Crippen molar-refractivity contribution in [2.24, 2.45) is 0 Å². The molecule has 3 aromatic rings. The normalized spacial score (nSPS) is 10.0. The molecule has 3 rings (SSSR count). The first-order valence-electron chi connectivity index (χ1n) is 6.74. The van der Waals surface area contributed by atoms with Crippen LogP contribution in [0.4, 0.5) is 0 Å². The van der Waals surface area contributed by atoms with Crippen molar-refractivity contribution in [3.8, 4) is 47.6 Å². The summed E-state index contributed by atoms with van der Waals surface area (Å²) in [5.41, 5.74) is 1.99. The number of imidazole rings is 1. The molecule has 2 aromatic heterocycles. The summed E-state index contributed by atoms with van der Waals surface area (Å²) in [5, 5.41) is 0. The highest BCUT2D eigenvalue weighted by atomic mass is 16.5. The van der Waals surface area contributed by atoms with E-state index in [1.807, 2.05) is 0 Å². The standard InChI is InChI=1S/C17H12N4O2/c1-3-7-22-12-5-6-15(23-8-4-2)13(9-12)16-20-14-10-18-11-19-17(14)21-16/h1-2,5-6,9-11H,7-8H2,(H,18,19,20,21). The summed E-state index contributed by atoms with van der Waals surface area (Å²) in [6.07, 6.45) is 13.6. The maximum absolute atomic E-state index is 5.57. The molecule has 0 radical (unpaired) electrons. The van der Waals surface area contributed by atoms with Gasteiger partial charge in [-0.3, -0.25) is 0 Å². The summed E-state index contributed by atoms with van der Waals surface area (Å²) in [4.78, 5) is 15.7. The molecule has 1 N–H and O–H groups in total. The van der Waals surface area contributed by atoms with E-state index in [9.17, 15) is 0 Å². The van der Waals surface area contributed by atoms with Gasteiger partial charge in [0.05, 0.1) is 11.8 Å². The Balaban J connectivity index is 2.06. The summed E-state index contributed by atoms with van der Waals surface area (Å²) < 4.78 is 11.0. The number of fused-ring (bicyclic) bond motifs is 1. The average molecular weight is 304 g/mol. The highest BCUT2D eigenvalue weighted by Crippen LogP contribution is 2.32. The zero-order valence-electron chi connectivity index (χ0n) is 12.1. The fourth-order valence-electron chi connectivity index (χ4n) is 2.04. The van der Waals surface area contributed by atoms with E-state index >= 15 is 0 Å². The summed E-state index contributed by atoms with van der Waals surface area (Å²) >= 11 is 0. The molecule has 6 heteroatoms. The van der Waals surface area contributed by atoms with Crippen LogP contribution in [0.2, 0.25) is 0 Å². The van der Waals surface area contributed by atoms with Crippen LogP contribution in [0.15, 0.2) is 30.7 Å². The number of aromatic amines is 1. The van der Waals surface area contributed by atoms with Crippen LogP contribution in [0, 0.1) is 24.7 Å². The molecule has 0 aliphatic rings. The van der Waals surface area contributed by atoms with Crippen molar-refractivity contribution in [1.82, 2.24) is 19.9 Å². The molecular formula is C17H12N4O2. The fourth-order valence-corrected chi connectivity index (χ4v) is 2.04. The van der Waals surface area contributed by atoms with Gasteiger partial charge in [-0.05, 0) is 18.2 Å². The predicted octanol–water partition coefficient (Wildman–Crippen LogP) is 2.04. The number of nitrogens with one attached hydrogen (secondary N) is 1. The van der Waals surface area contributed by atoms with Crippen molar-refractivity contribution in [2.45, 2.75) is 0 Å². The molecule has 0 saturated carbocycles. The van der Waals surface area contributed by atoms with Crippen molar-refractivity contribution in [3.05, 3.63) is 30.7 Å². The Morgan fingerprint density at radius 2 is 1.96 bits per heavy atom. The van der Waals surface area contributed by atoms with Crippen LogP contribution in [0.25, 0.3) is 22.6 Å². The maximum atomic E-state index is 5.57. The Bertz CT molecular complexity index is 885. The number of hydrogen-bond acceptors (Lipinski definition) is 5. The second-order valence-electron chi connectivity index (χ2n) is 4.49. The molecule has 6 nitrogen and oxygen atoms in total. The molecule has 2 heterocycles. The number of nitrogens with zero attached hydrogens (tertiary/aromatic N) is 3. The molecule has 0 atom stereocenters. The molecule has 0 bridgehead atoms. The average Bonchev–Trinajstić information content (AvgIpc) is 3.02. The third-order valence-electron chi connectivity index (χ3n) is 3.00. The van der Waals surface area contributed by atoms with Gasteiger partial charge in [0.15, 0.2) is 5.65 Å². The number of aromatic nitrogens is 4. The third-order valence-corrected chi connectivity index (χ3v) is 3.00. The number of hydrogen-bond donors (Lipinski definition) is 1. The first kappa shape index (κ1) is 14.4. The number of rotatable bonds is 5. The van der Waals surface area contributed by atoms with E-state index in [1.54, 1.807) is 24.4 Å². The second-order valence-corrected chi connectivity index (χ2v) is 4.49. The van der Waals surface area contributed by atoms with Crippen LogP contribution < -0.4 is 9.47 Å². The zero-order valence-corrected chi connectivity index (χ0v) is 12.1. The van der Waals surface area contributed by atoms with E-state index in [4.69, 9.17) is 22.3 Å². The van der Waals surface area contributed by atoms with Crippen LogP contribution in [0.1, 0.15) is 0 Å². The smallest absolute Gasteiger partial charge is 0.161 e. The molecule has 1 aromatic carbocycles. The minimum absolute atomic E-state index is 0.150. The lowest BCUT2D eigenvalue weighted by atomic mass is 10.2. The largest absolute Gasteiger partial charge is 0.481 e. The van der Waals surface area contributed by atoms with E-state index in [0.717, 1.165) is 0 Å². The maximum Gasteiger partial charge on any atom is 0.161 e. The van der Waals surface area contributed by atoms with E-state index in [1.165, 1.54) is 6.33 Å². The van der Waals surface area contributed by atoms with Gasteiger partial charge in [0, 0.05) is 0 Å². The summed E-state index contributed by atoms with van der Waals surface area (Å²) in [6.45, 7) is 0.327. The van der Waals surface area contributed by atoms with Gasteiger partial charge in [0.25, 0.3) is 0 Å². The number of benzene rings is 1. The van der Waals surface area contributed by atoms with Crippen molar-refractivity contribution in [1.29, 1.82) is 0 Å². The predicted molar refractivity (Wildman–Crippen MR) is 85.8 cm³/mol. The lowest BCUT2D eigenvalue weighted by Crippen LogP contribution is -1.98. The Labute approximate surface area is 132 Å². The van der Waals surface area contributed by atoms with Gasteiger partial charge in [-0.15, -0.1) is 12.8 Å². The minimum atomic E-state index is 0.150. The zero-order chi connectivity index (χ0) is 16.1. The molecule has 0 amide bonds. The Kier molecular flexibility index (Phi) is 4.08. The molecule has 23 heavy (non-hydrogen) atoms. The van der Waals surface area contributed by atoms with Crippen LogP contribution in [0.5, 0.6) is 11.5 Å². The van der Waals surface area contributed by atoms with Gasteiger partial charge in [0.1, 0.15) is 42.4 Å². The van der Waals surface area contributed by atoms with Gasteiger partial charge in [-0.1, -0.05) is 11.8 Å². The number of ether oxygens (including phenoxy) is 2. The first-order chi connectivity index (χ1) is 11.3. The fraction of sp³-hybridized carbons (Fsp3) is 0.118. The second kappa shape index (κ2) is 6.50. The number of H-pyrrole nitrogens is 1. The van der Waals surface area contributed by atoms with Crippen LogP contribution in [-0.2, 0) is 0 Å². The third kappa shape index (κ3) is 3.07. The van der Waals surface area contributed by atoms with Gasteiger partial charge in [-0.25, -0.2) is 15.0 Å².